The monoisotopic (exact) mass is 306 g/mol. The number of nitrogens with two attached hydrogens (primary N) is 1. The number of rotatable bonds is 6. The van der Waals surface area contributed by atoms with Crippen molar-refractivity contribution in [2.75, 3.05) is 25.9 Å². The molecule has 0 aliphatic heterocycles. The summed E-state index contributed by atoms with van der Waals surface area (Å²) in [5, 5.41) is 0. The fraction of sp³-hybridized carbons (Fsp3) is 0.200. The van der Waals surface area contributed by atoms with E-state index in [1.165, 1.54) is 17.4 Å². The lowest BCUT2D eigenvalue weighted by Crippen LogP contribution is -2.31. The molecule has 2 aromatic rings. The van der Waals surface area contributed by atoms with Gasteiger partial charge >= 0.3 is 0 Å². The summed E-state index contributed by atoms with van der Waals surface area (Å²) in [4.78, 5) is 0.118. The molecule has 0 fully saturated rings. The van der Waals surface area contributed by atoms with Crippen LogP contribution in [0.4, 0.5) is 5.69 Å². The van der Waals surface area contributed by atoms with E-state index in [1.807, 2.05) is 30.3 Å². The lowest BCUT2D eigenvalue weighted by Gasteiger charge is -2.18. The van der Waals surface area contributed by atoms with Crippen molar-refractivity contribution in [1.82, 2.24) is 4.31 Å². The molecule has 0 saturated carbocycles. The van der Waals surface area contributed by atoms with Gasteiger partial charge in [0.25, 0.3) is 0 Å². The first-order valence-corrected chi connectivity index (χ1v) is 7.94. The van der Waals surface area contributed by atoms with Crippen molar-refractivity contribution < 1.29 is 13.2 Å². The van der Waals surface area contributed by atoms with Crippen molar-refractivity contribution in [1.29, 1.82) is 0 Å². The Hall–Kier alpha value is -2.05. The van der Waals surface area contributed by atoms with Gasteiger partial charge in [-0.2, -0.15) is 4.31 Å². The zero-order valence-corrected chi connectivity index (χ0v) is 12.6. The standard InChI is InChI=1S/C15H18N2O3S/c1-17(11-12-20-13-7-3-2-4-8-13)21(18,19)15-10-6-5-9-14(15)16/h2-10H,11-12,16H2,1H3. The Morgan fingerprint density at radius 2 is 1.67 bits per heavy atom. The number of anilines is 1. The molecule has 2 rings (SSSR count). The number of para-hydroxylation sites is 2. The van der Waals surface area contributed by atoms with Gasteiger partial charge in [-0.25, -0.2) is 8.42 Å². The lowest BCUT2D eigenvalue weighted by molar-refractivity contribution is 0.287. The summed E-state index contributed by atoms with van der Waals surface area (Å²) in [5.41, 5.74) is 5.97. The van der Waals surface area contributed by atoms with E-state index in [4.69, 9.17) is 10.5 Å². The maximum absolute atomic E-state index is 12.4. The number of ether oxygens (including phenoxy) is 1. The molecule has 5 nitrogen and oxygen atoms in total. The van der Waals surface area contributed by atoms with Crippen LogP contribution < -0.4 is 10.5 Å². The highest BCUT2D eigenvalue weighted by molar-refractivity contribution is 7.89. The van der Waals surface area contributed by atoms with Gasteiger partial charge in [-0.3, -0.25) is 0 Å². The normalized spacial score (nSPS) is 11.5. The Bertz CT molecular complexity index is 687. The van der Waals surface area contributed by atoms with Gasteiger partial charge in [0.1, 0.15) is 17.3 Å². The van der Waals surface area contributed by atoms with Gasteiger partial charge in [0.05, 0.1) is 5.69 Å². The van der Waals surface area contributed by atoms with Crippen LogP contribution in [0.2, 0.25) is 0 Å². The van der Waals surface area contributed by atoms with Crippen LogP contribution in [0.25, 0.3) is 0 Å². The summed E-state index contributed by atoms with van der Waals surface area (Å²) >= 11 is 0. The first kappa shape index (κ1) is 15.3. The van der Waals surface area contributed by atoms with E-state index in [0.717, 1.165) is 0 Å². The number of nitrogen functional groups attached to an aromatic ring is 1. The second-order valence-corrected chi connectivity index (χ2v) is 6.54. The largest absolute Gasteiger partial charge is 0.492 e. The summed E-state index contributed by atoms with van der Waals surface area (Å²) in [6, 6.07) is 15.7. The van der Waals surface area contributed by atoms with Crippen molar-refractivity contribution in [3.63, 3.8) is 0 Å². The second kappa shape index (κ2) is 6.60. The van der Waals surface area contributed by atoms with Crippen molar-refractivity contribution in [2.45, 2.75) is 4.90 Å². The minimum atomic E-state index is -3.60. The molecule has 0 aliphatic rings. The maximum atomic E-state index is 12.4. The first-order valence-electron chi connectivity index (χ1n) is 6.50. The van der Waals surface area contributed by atoms with E-state index in [1.54, 1.807) is 18.2 Å². The number of sulfonamides is 1. The van der Waals surface area contributed by atoms with Gasteiger partial charge in [0.2, 0.25) is 10.0 Å². The van der Waals surface area contributed by atoms with E-state index in [0.29, 0.717) is 5.75 Å². The number of hydrogen-bond donors (Lipinski definition) is 1. The Morgan fingerprint density at radius 1 is 1.05 bits per heavy atom. The Morgan fingerprint density at radius 3 is 2.33 bits per heavy atom. The fourth-order valence-electron chi connectivity index (χ4n) is 1.81. The van der Waals surface area contributed by atoms with Crippen LogP contribution in [-0.4, -0.2) is 32.9 Å². The molecule has 2 N–H and O–H groups in total. The zero-order chi connectivity index (χ0) is 15.3. The molecular weight excluding hydrogens is 288 g/mol. The second-order valence-electron chi connectivity index (χ2n) is 4.53. The number of hydrogen-bond acceptors (Lipinski definition) is 4. The van der Waals surface area contributed by atoms with E-state index in [2.05, 4.69) is 0 Å². The first-order chi connectivity index (χ1) is 10.0. The van der Waals surface area contributed by atoms with Crippen LogP contribution in [-0.2, 0) is 10.0 Å². The summed E-state index contributed by atoms with van der Waals surface area (Å²) in [7, 11) is -2.09. The molecular formula is C15H18N2O3S. The molecule has 0 amide bonds. The molecule has 112 valence electrons. The number of likely N-dealkylation sites (N-methyl/N-ethyl adjacent to an activating group) is 1. The molecule has 0 saturated heterocycles. The quantitative estimate of drug-likeness (QED) is 0.828. The predicted molar refractivity (Wildman–Crippen MR) is 82.6 cm³/mol. The molecule has 2 aromatic carbocycles. The van der Waals surface area contributed by atoms with Gasteiger partial charge < -0.3 is 10.5 Å². The van der Waals surface area contributed by atoms with Crippen LogP contribution in [0.15, 0.2) is 59.5 Å². The third kappa shape index (κ3) is 3.74. The zero-order valence-electron chi connectivity index (χ0n) is 11.8. The average Bonchev–Trinajstić information content (AvgIpc) is 2.48. The van der Waals surface area contributed by atoms with Crippen molar-refractivity contribution >= 4 is 15.7 Å². The third-order valence-electron chi connectivity index (χ3n) is 3.03. The molecule has 21 heavy (non-hydrogen) atoms. The van der Waals surface area contributed by atoms with Gasteiger partial charge in [0, 0.05) is 13.6 Å². The van der Waals surface area contributed by atoms with Gasteiger partial charge in [-0.05, 0) is 24.3 Å². The van der Waals surface area contributed by atoms with E-state index >= 15 is 0 Å². The molecule has 0 atom stereocenters. The van der Waals surface area contributed by atoms with Gasteiger partial charge in [-0.15, -0.1) is 0 Å². The topological polar surface area (TPSA) is 72.6 Å². The highest BCUT2D eigenvalue weighted by Gasteiger charge is 2.22. The van der Waals surface area contributed by atoms with Gasteiger partial charge in [-0.1, -0.05) is 30.3 Å². The molecule has 0 heterocycles. The fourth-order valence-corrected chi connectivity index (χ4v) is 3.08. The van der Waals surface area contributed by atoms with Crippen molar-refractivity contribution in [2.24, 2.45) is 0 Å². The van der Waals surface area contributed by atoms with Gasteiger partial charge in [0.15, 0.2) is 0 Å². The summed E-state index contributed by atoms with van der Waals surface area (Å²) in [5.74, 6) is 0.711. The van der Waals surface area contributed by atoms with Crippen LogP contribution in [0.3, 0.4) is 0 Å². The Kier molecular flexibility index (Phi) is 4.82. The molecule has 6 heteroatoms. The minimum Gasteiger partial charge on any atom is -0.492 e. The van der Waals surface area contributed by atoms with E-state index < -0.39 is 10.0 Å². The highest BCUT2D eigenvalue weighted by Crippen LogP contribution is 2.20. The summed E-state index contributed by atoms with van der Waals surface area (Å²) in [6.45, 7) is 0.512. The molecule has 0 radical (unpaired) electrons. The molecule has 0 aromatic heterocycles. The van der Waals surface area contributed by atoms with Crippen LogP contribution in [0.1, 0.15) is 0 Å². The van der Waals surface area contributed by atoms with Crippen molar-refractivity contribution in [3.05, 3.63) is 54.6 Å². The third-order valence-corrected chi connectivity index (χ3v) is 4.96. The number of nitrogens with zero attached hydrogens (tertiary/aromatic N) is 1. The lowest BCUT2D eigenvalue weighted by atomic mass is 10.3. The Balaban J connectivity index is 2.00. The van der Waals surface area contributed by atoms with Crippen LogP contribution in [0.5, 0.6) is 5.75 Å². The average molecular weight is 306 g/mol. The highest BCUT2D eigenvalue weighted by atomic mass is 32.2. The van der Waals surface area contributed by atoms with Crippen LogP contribution >= 0.6 is 0 Å². The number of benzene rings is 2. The Labute approximate surface area is 125 Å². The summed E-state index contributed by atoms with van der Waals surface area (Å²) < 4.78 is 31.5. The minimum absolute atomic E-state index is 0.118. The summed E-state index contributed by atoms with van der Waals surface area (Å²) in [6.07, 6.45) is 0. The van der Waals surface area contributed by atoms with E-state index in [9.17, 15) is 8.42 Å². The van der Waals surface area contributed by atoms with E-state index in [-0.39, 0.29) is 23.7 Å². The predicted octanol–water partition coefficient (Wildman–Crippen LogP) is 1.97. The molecule has 0 unspecified atom stereocenters. The van der Waals surface area contributed by atoms with Crippen LogP contribution in [0, 0.1) is 0 Å². The molecule has 0 aliphatic carbocycles. The molecule has 0 bridgehead atoms. The molecule has 0 spiro atoms. The van der Waals surface area contributed by atoms with Crippen molar-refractivity contribution in [3.8, 4) is 5.75 Å². The maximum Gasteiger partial charge on any atom is 0.244 e. The smallest absolute Gasteiger partial charge is 0.244 e. The SMILES string of the molecule is CN(CCOc1ccccc1)S(=O)(=O)c1ccccc1N.